The number of thiol groups is 1. The van der Waals surface area contributed by atoms with Gasteiger partial charge in [-0.05, 0) is 0 Å². The van der Waals surface area contributed by atoms with Gasteiger partial charge in [-0.3, -0.25) is 4.79 Å². The summed E-state index contributed by atoms with van der Waals surface area (Å²) in [4.78, 5) is 10.6. The molecule has 7 heteroatoms. The molecule has 0 aliphatic carbocycles. The molecule has 0 bridgehead atoms. The second kappa shape index (κ2) is 6.45. The number of hydrogen-bond acceptors (Lipinski definition) is 3. The maximum absolute atomic E-state index is 12.0. The zero-order valence-electron chi connectivity index (χ0n) is 9.47. The van der Waals surface area contributed by atoms with Crippen molar-refractivity contribution in [2.75, 3.05) is 12.3 Å². The Morgan fingerprint density at radius 3 is 2.47 bits per heavy atom. The summed E-state index contributed by atoms with van der Waals surface area (Å²) in [5.74, 6) is 0.891. The molecule has 0 aromatic rings. The molecular weight excluding hydrogens is 271 g/mol. The average Bonchev–Trinajstić information content (AvgIpc) is 2.20. The normalized spacial score (nSPS) is 13.9. The highest BCUT2D eigenvalue weighted by atomic mass is 32.2. The van der Waals surface area contributed by atoms with E-state index in [0.717, 1.165) is 0 Å². The van der Waals surface area contributed by atoms with E-state index in [1.807, 2.05) is 5.32 Å². The van der Waals surface area contributed by atoms with Crippen LogP contribution in [0.1, 0.15) is 13.8 Å². The molecule has 0 radical (unpaired) electrons. The van der Waals surface area contributed by atoms with E-state index in [2.05, 4.69) is 18.5 Å². The van der Waals surface area contributed by atoms with Crippen molar-refractivity contribution in [2.24, 2.45) is 5.41 Å². The molecule has 1 amide bonds. The highest BCUT2D eigenvalue weighted by Crippen LogP contribution is 2.33. The Morgan fingerprint density at radius 1 is 1.53 bits per heavy atom. The van der Waals surface area contributed by atoms with Crippen LogP contribution in [0.3, 0.4) is 0 Å². The summed E-state index contributed by atoms with van der Waals surface area (Å²) in [6, 6.07) is 0. The van der Waals surface area contributed by atoms with Crippen LogP contribution >= 0.6 is 24.4 Å². The first kappa shape index (κ1) is 16.5. The van der Waals surface area contributed by atoms with E-state index in [-0.39, 0.29) is 11.1 Å². The third-order valence-corrected chi connectivity index (χ3v) is 4.39. The Morgan fingerprint density at radius 2 is 2.06 bits per heavy atom. The number of nitrogens with one attached hydrogen (secondary N) is 1. The molecule has 17 heavy (non-hydrogen) atoms. The van der Waals surface area contributed by atoms with Crippen molar-refractivity contribution in [1.29, 1.82) is 0 Å². The van der Waals surface area contributed by atoms with E-state index in [1.165, 1.54) is 11.8 Å². The molecule has 0 aliphatic rings. The minimum Gasteiger partial charge on any atom is -0.348 e. The molecule has 0 fully saturated rings. The molecule has 98 valence electrons. The number of terminal acetylenes is 1. The summed E-state index contributed by atoms with van der Waals surface area (Å²) in [5.41, 5.74) is -0.592. The van der Waals surface area contributed by atoms with Crippen molar-refractivity contribution in [3.05, 3.63) is 0 Å². The molecule has 0 aromatic heterocycles. The van der Waals surface area contributed by atoms with Crippen molar-refractivity contribution >= 4 is 30.3 Å². The van der Waals surface area contributed by atoms with Gasteiger partial charge >= 0.3 is 12.1 Å². The van der Waals surface area contributed by atoms with Crippen LogP contribution in [0.15, 0.2) is 0 Å². The van der Waals surface area contributed by atoms with Gasteiger partial charge in [0.1, 0.15) is 0 Å². The van der Waals surface area contributed by atoms with E-state index in [0.29, 0.717) is 5.75 Å². The van der Waals surface area contributed by atoms with Crippen molar-refractivity contribution in [3.63, 3.8) is 0 Å². The van der Waals surface area contributed by atoms with Gasteiger partial charge in [0.2, 0.25) is 0 Å². The lowest BCUT2D eigenvalue weighted by molar-refractivity contribution is -0.173. The van der Waals surface area contributed by atoms with Crippen LogP contribution in [0, 0.1) is 17.8 Å². The first-order valence-electron chi connectivity index (χ1n) is 4.69. The monoisotopic (exact) mass is 285 g/mol. The van der Waals surface area contributed by atoms with Crippen molar-refractivity contribution < 1.29 is 18.0 Å². The van der Waals surface area contributed by atoms with Crippen LogP contribution < -0.4 is 5.32 Å². The number of alkyl halides is 3. The summed E-state index contributed by atoms with van der Waals surface area (Å²) in [6.07, 6.45) is 0.223. The van der Waals surface area contributed by atoms with Gasteiger partial charge in [-0.15, -0.1) is 18.2 Å². The SMILES string of the molecule is C#CCSC(S)C(C)(C)CNC(=O)C(F)(F)F. The summed E-state index contributed by atoms with van der Waals surface area (Å²) in [6.45, 7) is 3.31. The van der Waals surface area contributed by atoms with Crippen molar-refractivity contribution in [3.8, 4) is 12.3 Å². The molecule has 0 aliphatic heterocycles. The van der Waals surface area contributed by atoms with Gasteiger partial charge in [0.25, 0.3) is 0 Å². The van der Waals surface area contributed by atoms with Crippen LogP contribution in [0.4, 0.5) is 13.2 Å². The second-order valence-electron chi connectivity index (χ2n) is 4.04. The van der Waals surface area contributed by atoms with Crippen molar-refractivity contribution in [1.82, 2.24) is 5.32 Å². The van der Waals surface area contributed by atoms with Gasteiger partial charge in [0, 0.05) is 12.0 Å². The first-order chi connectivity index (χ1) is 7.61. The maximum atomic E-state index is 12.0. The molecule has 0 spiro atoms. The standard InChI is InChI=1S/C10H14F3NOS2/c1-4-5-17-8(16)9(2,3)6-14-7(15)10(11,12)13/h1,8,16H,5-6H2,2-3H3,(H,14,15). The molecule has 0 saturated carbocycles. The fourth-order valence-corrected chi connectivity index (χ4v) is 1.95. The zero-order valence-corrected chi connectivity index (χ0v) is 11.2. The van der Waals surface area contributed by atoms with Crippen LogP contribution in [0.2, 0.25) is 0 Å². The van der Waals surface area contributed by atoms with Crippen LogP contribution in [0.25, 0.3) is 0 Å². The molecule has 2 nitrogen and oxygen atoms in total. The van der Waals surface area contributed by atoms with E-state index < -0.39 is 17.5 Å². The summed E-state index contributed by atoms with van der Waals surface area (Å²) in [5, 5.41) is 1.84. The summed E-state index contributed by atoms with van der Waals surface area (Å²) >= 11 is 5.59. The summed E-state index contributed by atoms with van der Waals surface area (Å²) in [7, 11) is 0. The largest absolute Gasteiger partial charge is 0.471 e. The highest BCUT2D eigenvalue weighted by molar-refractivity contribution is 8.10. The molecule has 1 unspecified atom stereocenters. The predicted molar refractivity (Wildman–Crippen MR) is 66.9 cm³/mol. The third kappa shape index (κ3) is 6.13. The number of hydrogen-bond donors (Lipinski definition) is 2. The van der Waals surface area contributed by atoms with E-state index in [1.54, 1.807) is 13.8 Å². The van der Waals surface area contributed by atoms with Gasteiger partial charge < -0.3 is 5.32 Å². The molecule has 1 N–H and O–H groups in total. The first-order valence-corrected chi connectivity index (χ1v) is 6.26. The fourth-order valence-electron chi connectivity index (χ4n) is 0.848. The molecule has 0 aromatic carbocycles. The lowest BCUT2D eigenvalue weighted by Crippen LogP contribution is -2.44. The van der Waals surface area contributed by atoms with Gasteiger partial charge in [0.05, 0.1) is 10.3 Å². The van der Waals surface area contributed by atoms with Crippen LogP contribution in [-0.2, 0) is 4.79 Å². The van der Waals surface area contributed by atoms with Gasteiger partial charge in [0.15, 0.2) is 0 Å². The molecule has 1 atom stereocenters. The minimum atomic E-state index is -4.85. The molecule has 0 heterocycles. The smallest absolute Gasteiger partial charge is 0.348 e. The lowest BCUT2D eigenvalue weighted by atomic mass is 9.96. The predicted octanol–water partition coefficient (Wildman–Crippen LogP) is 2.31. The topological polar surface area (TPSA) is 29.1 Å². The van der Waals surface area contributed by atoms with Crippen LogP contribution in [0.5, 0.6) is 0 Å². The number of thioether (sulfide) groups is 1. The number of halogens is 3. The highest BCUT2D eigenvalue weighted by Gasteiger charge is 2.39. The third-order valence-electron chi connectivity index (χ3n) is 1.96. The fraction of sp³-hybridized carbons (Fsp3) is 0.700. The maximum Gasteiger partial charge on any atom is 0.471 e. The zero-order chi connectivity index (χ0) is 13.7. The Balaban J connectivity index is 4.27. The molecule has 0 saturated heterocycles. The Labute approximate surface area is 109 Å². The Bertz CT molecular complexity index is 310. The quantitative estimate of drug-likeness (QED) is 0.461. The summed E-state index contributed by atoms with van der Waals surface area (Å²) < 4.78 is 35.6. The van der Waals surface area contributed by atoms with E-state index >= 15 is 0 Å². The van der Waals surface area contributed by atoms with Crippen molar-refractivity contribution in [2.45, 2.75) is 24.6 Å². The van der Waals surface area contributed by atoms with Gasteiger partial charge in [-0.1, -0.05) is 19.8 Å². The lowest BCUT2D eigenvalue weighted by Gasteiger charge is -2.30. The van der Waals surface area contributed by atoms with E-state index in [4.69, 9.17) is 6.42 Å². The van der Waals surface area contributed by atoms with Crippen LogP contribution in [-0.4, -0.2) is 29.0 Å². The van der Waals surface area contributed by atoms with Gasteiger partial charge in [-0.2, -0.15) is 25.8 Å². The number of carbonyl (C=O) groups is 1. The average molecular weight is 285 g/mol. The minimum absolute atomic E-state index is 0.114. The number of amides is 1. The second-order valence-corrected chi connectivity index (χ2v) is 6.00. The van der Waals surface area contributed by atoms with E-state index in [9.17, 15) is 18.0 Å². The number of rotatable bonds is 5. The Kier molecular flexibility index (Phi) is 6.27. The Hall–Kier alpha value is -0.480. The van der Waals surface area contributed by atoms with Gasteiger partial charge in [-0.25, -0.2) is 0 Å². The molecule has 0 rings (SSSR count). The number of carbonyl (C=O) groups excluding carboxylic acids is 1. The molecular formula is C10H14F3NOS2.